The molecule has 5 heteroatoms. The highest BCUT2D eigenvalue weighted by molar-refractivity contribution is 9.10. The highest BCUT2D eigenvalue weighted by atomic mass is 79.9. The van der Waals surface area contributed by atoms with Crippen LogP contribution in [0.5, 0.6) is 0 Å². The third-order valence-electron chi connectivity index (χ3n) is 4.87. The summed E-state index contributed by atoms with van der Waals surface area (Å²) in [5, 5.41) is 3.44. The van der Waals surface area contributed by atoms with Gasteiger partial charge in [-0.3, -0.25) is 4.79 Å². The van der Waals surface area contributed by atoms with E-state index in [0.717, 1.165) is 49.1 Å². The van der Waals surface area contributed by atoms with E-state index in [9.17, 15) is 4.79 Å². The van der Waals surface area contributed by atoms with Crippen molar-refractivity contribution in [1.82, 2.24) is 10.2 Å². The van der Waals surface area contributed by atoms with Crippen molar-refractivity contribution in [3.63, 3.8) is 0 Å². The molecule has 2 heterocycles. The number of piperidine rings is 2. The minimum absolute atomic E-state index is 0. The van der Waals surface area contributed by atoms with Gasteiger partial charge in [0.1, 0.15) is 0 Å². The third kappa shape index (κ3) is 3.79. The predicted octanol–water partition coefficient (Wildman–Crippen LogP) is 3.48. The molecule has 2 fully saturated rings. The highest BCUT2D eigenvalue weighted by Gasteiger charge is 2.36. The predicted molar refractivity (Wildman–Crippen MR) is 91.1 cm³/mol. The Kier molecular flexibility index (Phi) is 5.69. The van der Waals surface area contributed by atoms with Crippen LogP contribution in [0.1, 0.15) is 36.0 Å². The molecule has 1 aromatic rings. The maximum Gasteiger partial charge on any atom is 0.253 e. The number of hydrogen-bond acceptors (Lipinski definition) is 2. The molecule has 0 atom stereocenters. The Hall–Kier alpha value is -0.580. The molecule has 3 nitrogen and oxygen atoms in total. The van der Waals surface area contributed by atoms with Crippen LogP contribution in [0.4, 0.5) is 0 Å². The minimum atomic E-state index is 0. The highest BCUT2D eigenvalue weighted by Crippen LogP contribution is 2.39. The summed E-state index contributed by atoms with van der Waals surface area (Å²) < 4.78 is 1.02. The topological polar surface area (TPSA) is 32.3 Å². The molecule has 21 heavy (non-hydrogen) atoms. The Morgan fingerprint density at radius 3 is 2.19 bits per heavy atom. The molecule has 0 bridgehead atoms. The van der Waals surface area contributed by atoms with Crippen molar-refractivity contribution in [2.24, 2.45) is 5.41 Å². The lowest BCUT2D eigenvalue weighted by atomic mass is 9.71. The summed E-state index contributed by atoms with van der Waals surface area (Å²) in [6.45, 7) is 4.10. The summed E-state index contributed by atoms with van der Waals surface area (Å²) in [4.78, 5) is 14.5. The van der Waals surface area contributed by atoms with Gasteiger partial charge in [-0.15, -0.1) is 12.4 Å². The first-order valence-corrected chi connectivity index (χ1v) is 8.23. The first-order chi connectivity index (χ1) is 9.69. The lowest BCUT2D eigenvalue weighted by Crippen LogP contribution is -2.47. The average Bonchev–Trinajstić information content (AvgIpc) is 2.49. The molecule has 0 radical (unpaired) electrons. The molecule has 1 N–H and O–H groups in total. The molecule has 1 amide bonds. The molecule has 0 aromatic heterocycles. The molecule has 1 aromatic carbocycles. The number of rotatable bonds is 1. The van der Waals surface area contributed by atoms with Crippen molar-refractivity contribution in [1.29, 1.82) is 0 Å². The lowest BCUT2D eigenvalue weighted by molar-refractivity contribution is 0.0495. The van der Waals surface area contributed by atoms with E-state index in [2.05, 4.69) is 21.2 Å². The fourth-order valence-electron chi connectivity index (χ4n) is 3.42. The molecule has 0 saturated carbocycles. The van der Waals surface area contributed by atoms with Gasteiger partial charge < -0.3 is 10.2 Å². The second-order valence-corrected chi connectivity index (χ2v) is 6.96. The Morgan fingerprint density at radius 2 is 1.62 bits per heavy atom. The number of hydrogen-bond donors (Lipinski definition) is 1. The van der Waals surface area contributed by atoms with E-state index in [4.69, 9.17) is 0 Å². The van der Waals surface area contributed by atoms with Crippen LogP contribution in [-0.4, -0.2) is 37.0 Å². The first-order valence-electron chi connectivity index (χ1n) is 7.44. The quantitative estimate of drug-likeness (QED) is 0.817. The zero-order valence-corrected chi connectivity index (χ0v) is 14.5. The fourth-order valence-corrected chi connectivity index (χ4v) is 3.68. The van der Waals surface area contributed by atoms with Crippen LogP contribution in [0.3, 0.4) is 0 Å². The van der Waals surface area contributed by atoms with Crippen LogP contribution in [0.15, 0.2) is 28.7 Å². The van der Waals surface area contributed by atoms with Crippen LogP contribution < -0.4 is 5.32 Å². The van der Waals surface area contributed by atoms with E-state index < -0.39 is 0 Å². The average molecular weight is 374 g/mol. The van der Waals surface area contributed by atoms with E-state index >= 15 is 0 Å². The number of nitrogens with zero attached hydrogens (tertiary/aromatic N) is 1. The molecular weight excluding hydrogens is 352 g/mol. The minimum Gasteiger partial charge on any atom is -0.339 e. The number of benzene rings is 1. The van der Waals surface area contributed by atoms with Crippen LogP contribution in [0.2, 0.25) is 0 Å². The standard InChI is InChI=1S/C16H21BrN2O.ClH/c17-14-3-1-13(2-4-14)15(20)19-11-7-16(8-12-19)5-9-18-10-6-16;/h1-4,18H,5-12H2;1H. The van der Waals surface area contributed by atoms with Gasteiger partial charge in [0.2, 0.25) is 0 Å². The van der Waals surface area contributed by atoms with Crippen LogP contribution in [0, 0.1) is 5.41 Å². The van der Waals surface area contributed by atoms with E-state index in [1.165, 1.54) is 12.8 Å². The molecular formula is C16H22BrClN2O. The smallest absolute Gasteiger partial charge is 0.253 e. The second-order valence-electron chi connectivity index (χ2n) is 6.05. The maximum atomic E-state index is 12.5. The summed E-state index contributed by atoms with van der Waals surface area (Å²) in [5.41, 5.74) is 1.30. The third-order valence-corrected chi connectivity index (χ3v) is 5.40. The van der Waals surface area contributed by atoms with Crippen molar-refractivity contribution < 1.29 is 4.79 Å². The maximum absolute atomic E-state index is 12.5. The SMILES string of the molecule is Cl.O=C(c1ccc(Br)cc1)N1CCC2(CCNCC2)CC1. The summed E-state index contributed by atoms with van der Waals surface area (Å²) in [6, 6.07) is 7.68. The molecule has 0 aliphatic carbocycles. The summed E-state index contributed by atoms with van der Waals surface area (Å²) >= 11 is 3.41. The zero-order chi connectivity index (χ0) is 14.0. The first kappa shape index (κ1) is 16.8. The van der Waals surface area contributed by atoms with Gasteiger partial charge in [-0.2, -0.15) is 0 Å². The van der Waals surface area contributed by atoms with Gasteiger partial charge in [-0.25, -0.2) is 0 Å². The normalized spacial score (nSPS) is 20.9. The van der Waals surface area contributed by atoms with Crippen LogP contribution in [-0.2, 0) is 0 Å². The van der Waals surface area contributed by atoms with Crippen molar-refractivity contribution in [2.45, 2.75) is 25.7 Å². The Morgan fingerprint density at radius 1 is 1.05 bits per heavy atom. The van der Waals surface area contributed by atoms with Gasteiger partial charge in [0.05, 0.1) is 0 Å². The number of carbonyl (C=O) groups excluding carboxylic acids is 1. The van der Waals surface area contributed by atoms with Crippen LogP contribution in [0.25, 0.3) is 0 Å². The molecule has 2 aliphatic rings. The summed E-state index contributed by atoms with van der Waals surface area (Å²) in [7, 11) is 0. The van der Waals surface area contributed by atoms with Crippen molar-refractivity contribution in [3.05, 3.63) is 34.3 Å². The zero-order valence-electron chi connectivity index (χ0n) is 12.1. The Bertz CT molecular complexity index is 476. The van der Waals surface area contributed by atoms with Gasteiger partial charge >= 0.3 is 0 Å². The van der Waals surface area contributed by atoms with E-state index in [1.54, 1.807) is 0 Å². The molecule has 116 valence electrons. The molecule has 0 unspecified atom stereocenters. The summed E-state index contributed by atoms with van der Waals surface area (Å²) in [5.74, 6) is 0.182. The Labute approximate surface area is 141 Å². The van der Waals surface area contributed by atoms with Crippen molar-refractivity contribution >= 4 is 34.2 Å². The largest absolute Gasteiger partial charge is 0.339 e. The molecule has 1 spiro atoms. The van der Waals surface area contributed by atoms with E-state index in [0.29, 0.717) is 5.41 Å². The molecule has 2 aliphatic heterocycles. The second kappa shape index (κ2) is 7.12. The number of halogens is 2. The van der Waals surface area contributed by atoms with E-state index in [1.807, 2.05) is 29.2 Å². The van der Waals surface area contributed by atoms with Gasteiger partial charge in [-0.1, -0.05) is 15.9 Å². The van der Waals surface area contributed by atoms with Crippen molar-refractivity contribution in [3.8, 4) is 0 Å². The number of likely N-dealkylation sites (tertiary alicyclic amines) is 1. The van der Waals surface area contributed by atoms with Crippen molar-refractivity contribution in [2.75, 3.05) is 26.2 Å². The Balaban J connectivity index is 0.00000161. The van der Waals surface area contributed by atoms with Gasteiger partial charge in [-0.05, 0) is 68.5 Å². The van der Waals surface area contributed by atoms with E-state index in [-0.39, 0.29) is 18.3 Å². The fraction of sp³-hybridized carbons (Fsp3) is 0.562. The number of carbonyl (C=O) groups is 1. The van der Waals surface area contributed by atoms with Gasteiger partial charge in [0.15, 0.2) is 0 Å². The number of nitrogens with one attached hydrogen (secondary N) is 1. The monoisotopic (exact) mass is 372 g/mol. The summed E-state index contributed by atoms with van der Waals surface area (Å²) in [6.07, 6.45) is 4.87. The van der Waals surface area contributed by atoms with Crippen LogP contribution >= 0.6 is 28.3 Å². The van der Waals surface area contributed by atoms with Gasteiger partial charge in [0.25, 0.3) is 5.91 Å². The molecule has 3 rings (SSSR count). The van der Waals surface area contributed by atoms with Gasteiger partial charge in [0, 0.05) is 23.1 Å². The number of amides is 1. The molecule has 2 saturated heterocycles. The lowest BCUT2D eigenvalue weighted by Gasteiger charge is -2.44.